The van der Waals surface area contributed by atoms with Gasteiger partial charge < -0.3 is 23.6 Å². The van der Waals surface area contributed by atoms with Crippen LogP contribution in [0.15, 0.2) is 48.7 Å². The summed E-state index contributed by atoms with van der Waals surface area (Å²) < 4.78 is 24.7. The Morgan fingerprint density at radius 1 is 0.869 bits per heavy atom. The van der Waals surface area contributed by atoms with Gasteiger partial charge in [0.25, 0.3) is 5.91 Å². The van der Waals surface area contributed by atoms with Crippen molar-refractivity contribution in [3.63, 3.8) is 0 Å². The molecule has 11 nitrogen and oxygen atoms in total. The molecule has 0 saturated carbocycles. The van der Waals surface area contributed by atoms with Gasteiger partial charge in [-0.25, -0.2) is 9.97 Å². The van der Waals surface area contributed by atoms with Crippen molar-refractivity contribution in [2.45, 2.75) is 110 Å². The third-order valence-corrected chi connectivity index (χ3v) is 22.9. The molecule has 2 aliphatic rings. The maximum absolute atomic E-state index is 13.9. The summed E-state index contributed by atoms with van der Waals surface area (Å²) in [6, 6.07) is 12.9. The van der Waals surface area contributed by atoms with Crippen molar-refractivity contribution >= 4 is 51.4 Å². The predicted octanol–water partition coefficient (Wildman–Crippen LogP) is 10.8. The number of fused-ring (bicyclic) bond motifs is 1. The molecule has 2 aromatic carbocycles. The number of hydrogen-bond donors (Lipinski definition) is 1. The molecule has 2 aliphatic heterocycles. The minimum absolute atomic E-state index is 0.143. The van der Waals surface area contributed by atoms with Crippen LogP contribution in [0.2, 0.25) is 46.3 Å². The zero-order valence-corrected chi connectivity index (χ0v) is 41.8. The van der Waals surface area contributed by atoms with E-state index in [1.807, 2.05) is 30.3 Å². The fraction of sp³-hybridized carbons (Fsp3) is 0.522. The van der Waals surface area contributed by atoms with Crippen LogP contribution in [0, 0.1) is 0 Å². The van der Waals surface area contributed by atoms with E-state index in [0.717, 1.165) is 49.6 Å². The Morgan fingerprint density at radius 2 is 1.51 bits per heavy atom. The van der Waals surface area contributed by atoms with Crippen molar-refractivity contribution in [1.82, 2.24) is 24.8 Å². The van der Waals surface area contributed by atoms with Gasteiger partial charge in [-0.3, -0.25) is 19.6 Å². The highest BCUT2D eigenvalue weighted by Gasteiger charge is 2.48. The molecule has 6 rings (SSSR count). The van der Waals surface area contributed by atoms with E-state index < -0.39 is 22.5 Å². The van der Waals surface area contributed by atoms with Gasteiger partial charge >= 0.3 is 0 Å². The fourth-order valence-electron chi connectivity index (χ4n) is 7.51. The summed E-state index contributed by atoms with van der Waals surface area (Å²) in [4.78, 5) is 33.0. The zero-order valence-electron chi connectivity index (χ0n) is 38.3. The SMILES string of the molecule is COc1cc(C(=O)Nc2cccc(-c3cccc(-c4cnc(CN5CC(C)(O[Si](C)(C)C(C)(C)C)C5)c(OC)n4)c3Cl)c2Cl)nc2c1CCN(CCO[Si](C)(C)C(C)(C)C)C2. The maximum Gasteiger partial charge on any atom is 0.274 e. The Balaban J connectivity index is 1.16. The van der Waals surface area contributed by atoms with Crippen molar-refractivity contribution < 1.29 is 23.1 Å². The highest BCUT2D eigenvalue weighted by atomic mass is 35.5. The molecular weight excluding hydrogens is 844 g/mol. The smallest absolute Gasteiger partial charge is 0.274 e. The molecule has 61 heavy (non-hydrogen) atoms. The number of anilines is 1. The zero-order chi connectivity index (χ0) is 44.7. The number of nitrogens with one attached hydrogen (secondary N) is 1. The summed E-state index contributed by atoms with van der Waals surface area (Å²) in [6.45, 7) is 30.0. The summed E-state index contributed by atoms with van der Waals surface area (Å²) in [7, 11) is -0.536. The van der Waals surface area contributed by atoms with E-state index in [2.05, 4.69) is 89.8 Å². The average Bonchev–Trinajstić information content (AvgIpc) is 3.16. The molecule has 0 atom stereocenters. The second-order valence-corrected chi connectivity index (χ2v) is 30.0. The molecule has 1 N–H and O–H groups in total. The van der Waals surface area contributed by atoms with Gasteiger partial charge in [0.15, 0.2) is 16.6 Å². The van der Waals surface area contributed by atoms with Crippen LogP contribution in [-0.2, 0) is 28.4 Å². The van der Waals surface area contributed by atoms with Crippen molar-refractivity contribution in [3.05, 3.63) is 81.4 Å². The second kappa shape index (κ2) is 18.0. The van der Waals surface area contributed by atoms with Crippen LogP contribution >= 0.6 is 23.2 Å². The van der Waals surface area contributed by atoms with E-state index in [0.29, 0.717) is 69.4 Å². The first kappa shape index (κ1) is 47.1. The number of hydrogen-bond acceptors (Lipinski definition) is 10. The predicted molar refractivity (Wildman–Crippen MR) is 252 cm³/mol. The number of aromatic nitrogens is 3. The number of ether oxygens (including phenoxy) is 2. The lowest BCUT2D eigenvalue weighted by Crippen LogP contribution is -2.65. The van der Waals surface area contributed by atoms with Crippen LogP contribution in [0.5, 0.6) is 11.6 Å². The third-order valence-electron chi connectivity index (χ3n) is 13.0. The van der Waals surface area contributed by atoms with Gasteiger partial charge in [0.1, 0.15) is 17.1 Å². The number of likely N-dealkylation sites (tertiary alicyclic amines) is 1. The molecule has 330 valence electrons. The Kier molecular flexibility index (Phi) is 13.9. The molecule has 1 fully saturated rings. The van der Waals surface area contributed by atoms with Gasteiger partial charge in [0.2, 0.25) is 5.88 Å². The molecule has 4 aromatic rings. The standard InChI is InChI=1S/C46H64Cl2N6O5Si2/c1-44(2,3)60(10,11)58-23-22-53-21-20-32-37(26-53)50-35(24-39(32)56-8)42(55)51-34-19-15-17-31(41(34)48)30-16-14-18-33(40(30)47)36-25-49-38(43(52-36)57-9)27-54-28-46(7,29-54)59-61(12,13)45(4,5)6/h14-19,24-25H,20-23,26-29H2,1-13H3,(H,51,55). The Morgan fingerprint density at radius 3 is 2.15 bits per heavy atom. The monoisotopic (exact) mass is 906 g/mol. The Bertz CT molecular complexity index is 2250. The van der Waals surface area contributed by atoms with Crippen molar-refractivity contribution in [2.24, 2.45) is 0 Å². The van der Waals surface area contributed by atoms with E-state index in [4.69, 9.17) is 56.5 Å². The van der Waals surface area contributed by atoms with Gasteiger partial charge in [0.05, 0.1) is 53.1 Å². The molecule has 4 heterocycles. The third kappa shape index (κ3) is 10.4. The lowest BCUT2D eigenvalue weighted by atomic mass is 9.97. The molecule has 0 radical (unpaired) electrons. The first-order valence-corrected chi connectivity index (χ1v) is 27.7. The Hall–Kier alpha value is -3.41. The van der Waals surface area contributed by atoms with E-state index in [1.165, 1.54) is 0 Å². The van der Waals surface area contributed by atoms with E-state index >= 15 is 0 Å². The van der Waals surface area contributed by atoms with E-state index in [9.17, 15) is 4.79 Å². The van der Waals surface area contributed by atoms with E-state index in [-0.39, 0.29) is 21.4 Å². The van der Waals surface area contributed by atoms with Crippen LogP contribution in [0.4, 0.5) is 5.69 Å². The highest BCUT2D eigenvalue weighted by molar-refractivity contribution is 6.74. The largest absolute Gasteiger partial charge is 0.496 e. The second-order valence-electron chi connectivity index (χ2n) is 19.7. The number of carbonyl (C=O) groups is 1. The minimum atomic E-state index is -1.91. The first-order valence-electron chi connectivity index (χ1n) is 21.1. The molecule has 15 heteroatoms. The van der Waals surface area contributed by atoms with Gasteiger partial charge in [0, 0.05) is 74.2 Å². The van der Waals surface area contributed by atoms with Crippen LogP contribution < -0.4 is 14.8 Å². The van der Waals surface area contributed by atoms with E-state index in [1.54, 1.807) is 32.5 Å². The summed E-state index contributed by atoms with van der Waals surface area (Å²) in [6.07, 6.45) is 2.50. The van der Waals surface area contributed by atoms with Gasteiger partial charge in [-0.2, -0.15) is 0 Å². The molecule has 0 bridgehead atoms. The van der Waals surface area contributed by atoms with Crippen LogP contribution in [0.1, 0.15) is 75.9 Å². The summed E-state index contributed by atoms with van der Waals surface area (Å²) >= 11 is 14.2. The number of carbonyl (C=O) groups excluding carboxylic acids is 1. The topological polar surface area (TPSA) is 111 Å². The molecule has 0 unspecified atom stereocenters. The molecule has 0 spiro atoms. The van der Waals surface area contributed by atoms with Crippen molar-refractivity contribution in [3.8, 4) is 34.0 Å². The van der Waals surface area contributed by atoms with Crippen molar-refractivity contribution in [2.75, 3.05) is 52.3 Å². The summed E-state index contributed by atoms with van der Waals surface area (Å²) in [5, 5.41) is 4.07. The molecular formula is C46H64Cl2N6O5Si2. The number of pyridine rings is 1. The van der Waals surface area contributed by atoms with Crippen LogP contribution in [0.3, 0.4) is 0 Å². The fourth-order valence-corrected chi connectivity index (χ4v) is 10.8. The first-order chi connectivity index (χ1) is 28.5. The number of halogens is 2. The Labute approximate surface area is 375 Å². The molecule has 1 amide bonds. The quantitative estimate of drug-likeness (QED) is 0.123. The van der Waals surface area contributed by atoms with Crippen LogP contribution in [-0.4, -0.2) is 99.9 Å². The number of amides is 1. The summed E-state index contributed by atoms with van der Waals surface area (Å²) in [5.41, 5.74) is 5.65. The number of rotatable bonds is 14. The molecule has 0 aliphatic carbocycles. The van der Waals surface area contributed by atoms with Crippen molar-refractivity contribution in [1.29, 1.82) is 0 Å². The van der Waals surface area contributed by atoms with Gasteiger partial charge in [-0.05, 0) is 55.7 Å². The van der Waals surface area contributed by atoms with Crippen LogP contribution in [0.25, 0.3) is 22.4 Å². The molecule has 1 saturated heterocycles. The average molecular weight is 908 g/mol. The number of methoxy groups -OCH3 is 2. The van der Waals surface area contributed by atoms with Gasteiger partial charge in [-0.15, -0.1) is 0 Å². The normalized spacial score (nSPS) is 16.2. The number of benzene rings is 2. The lowest BCUT2D eigenvalue weighted by Gasteiger charge is -2.53. The number of nitrogens with zero attached hydrogens (tertiary/aromatic N) is 5. The summed E-state index contributed by atoms with van der Waals surface area (Å²) in [5.74, 6) is 0.696. The van der Waals surface area contributed by atoms with Gasteiger partial charge in [-0.1, -0.05) is 95.1 Å². The molecule has 2 aromatic heterocycles. The minimum Gasteiger partial charge on any atom is -0.496 e. The lowest BCUT2D eigenvalue weighted by molar-refractivity contribution is -0.0772. The highest BCUT2D eigenvalue weighted by Crippen LogP contribution is 2.44. The maximum atomic E-state index is 13.9.